The molecule has 190 valence electrons. The topological polar surface area (TPSA) is 71.5 Å². The van der Waals surface area contributed by atoms with E-state index in [1.807, 2.05) is 27.7 Å². The summed E-state index contributed by atoms with van der Waals surface area (Å²) in [6, 6.07) is 1.10. The third-order valence-electron chi connectivity index (χ3n) is 7.64. The SMILES string of the molecule is CCOC(=O)C(C)C(C)N[C@@H]1CC[C@@](C(=O)N2CCc3ncc(C(F)(F)F)cc3C2)(C(C)C)C1. The Hall–Kier alpha value is -2.16. The summed E-state index contributed by atoms with van der Waals surface area (Å²) in [4.78, 5) is 31.6. The van der Waals surface area contributed by atoms with E-state index < -0.39 is 17.2 Å². The predicted octanol–water partition coefficient (Wildman–Crippen LogP) is 4.36. The minimum atomic E-state index is -4.46. The zero-order chi connectivity index (χ0) is 25.3. The molecule has 34 heavy (non-hydrogen) atoms. The number of fused-ring (bicyclic) bond motifs is 1. The Morgan fingerprint density at radius 3 is 2.62 bits per heavy atom. The van der Waals surface area contributed by atoms with E-state index in [-0.39, 0.29) is 42.3 Å². The number of aromatic nitrogens is 1. The maximum Gasteiger partial charge on any atom is 0.417 e. The standard InChI is InChI=1S/C25H36F3N3O3/c1-6-34-22(32)16(4)17(5)30-20-7-9-24(12-20,15(2)3)23(33)31-10-8-21-18(14-31)11-19(13-29-21)25(26,27)28/h11,13,15-17,20,30H,6-10,12,14H2,1-5H3/t16?,17?,20-,24+/m1/s1. The fraction of sp³-hybridized carbons (Fsp3) is 0.720. The van der Waals surface area contributed by atoms with Gasteiger partial charge in [0.1, 0.15) is 0 Å². The molecule has 1 amide bonds. The van der Waals surface area contributed by atoms with Crippen molar-refractivity contribution in [1.29, 1.82) is 0 Å². The van der Waals surface area contributed by atoms with Crippen molar-refractivity contribution in [2.24, 2.45) is 17.3 Å². The molecule has 2 aliphatic rings. The van der Waals surface area contributed by atoms with Gasteiger partial charge < -0.3 is 15.0 Å². The Balaban J connectivity index is 1.72. The minimum absolute atomic E-state index is 0.000885. The molecule has 1 saturated carbocycles. The van der Waals surface area contributed by atoms with Crippen molar-refractivity contribution in [2.45, 2.75) is 85.1 Å². The van der Waals surface area contributed by atoms with E-state index in [9.17, 15) is 22.8 Å². The van der Waals surface area contributed by atoms with Crippen molar-refractivity contribution >= 4 is 11.9 Å². The molecule has 4 atom stereocenters. The van der Waals surface area contributed by atoms with Crippen LogP contribution in [0.25, 0.3) is 0 Å². The minimum Gasteiger partial charge on any atom is -0.466 e. The lowest BCUT2D eigenvalue weighted by Crippen LogP contribution is -2.49. The second kappa shape index (κ2) is 10.2. The summed E-state index contributed by atoms with van der Waals surface area (Å²) in [6.07, 6.45) is -1.01. The Kier molecular flexibility index (Phi) is 7.95. The number of alkyl halides is 3. The van der Waals surface area contributed by atoms with Crippen LogP contribution in [0.15, 0.2) is 12.3 Å². The summed E-state index contributed by atoms with van der Waals surface area (Å²) in [7, 11) is 0. The number of ether oxygens (including phenoxy) is 1. The van der Waals surface area contributed by atoms with Gasteiger partial charge in [-0.15, -0.1) is 0 Å². The van der Waals surface area contributed by atoms with Gasteiger partial charge in [0.15, 0.2) is 0 Å². The summed E-state index contributed by atoms with van der Waals surface area (Å²) in [5.74, 6) is -0.476. The van der Waals surface area contributed by atoms with Gasteiger partial charge in [-0.2, -0.15) is 13.2 Å². The highest BCUT2D eigenvalue weighted by Crippen LogP contribution is 2.46. The van der Waals surface area contributed by atoms with Gasteiger partial charge in [-0.1, -0.05) is 20.8 Å². The van der Waals surface area contributed by atoms with Crippen LogP contribution in [0, 0.1) is 17.3 Å². The van der Waals surface area contributed by atoms with E-state index in [0.29, 0.717) is 43.7 Å². The molecule has 1 N–H and O–H groups in total. The van der Waals surface area contributed by atoms with E-state index in [2.05, 4.69) is 10.3 Å². The monoisotopic (exact) mass is 483 g/mol. The van der Waals surface area contributed by atoms with Crippen LogP contribution in [0.3, 0.4) is 0 Å². The first kappa shape index (κ1) is 26.4. The molecule has 1 aromatic rings. The van der Waals surface area contributed by atoms with E-state index in [1.54, 1.807) is 11.8 Å². The molecule has 1 fully saturated rings. The molecule has 9 heteroatoms. The van der Waals surface area contributed by atoms with Gasteiger partial charge >= 0.3 is 12.1 Å². The molecule has 0 radical (unpaired) electrons. The number of hydrogen-bond acceptors (Lipinski definition) is 5. The number of halogens is 3. The quantitative estimate of drug-likeness (QED) is 0.584. The highest BCUT2D eigenvalue weighted by Gasteiger charge is 2.50. The van der Waals surface area contributed by atoms with Gasteiger partial charge in [-0.25, -0.2) is 0 Å². The average molecular weight is 484 g/mol. The average Bonchev–Trinajstić information content (AvgIpc) is 3.21. The van der Waals surface area contributed by atoms with Crippen molar-refractivity contribution in [1.82, 2.24) is 15.2 Å². The number of amides is 1. The number of rotatable bonds is 7. The summed E-state index contributed by atoms with van der Waals surface area (Å²) in [5, 5.41) is 3.52. The first-order valence-electron chi connectivity index (χ1n) is 12.2. The molecule has 0 bridgehead atoms. The summed E-state index contributed by atoms with van der Waals surface area (Å²) >= 11 is 0. The first-order chi connectivity index (χ1) is 15.9. The van der Waals surface area contributed by atoms with Gasteiger partial charge in [0.2, 0.25) is 5.91 Å². The Morgan fingerprint density at radius 2 is 2.00 bits per heavy atom. The lowest BCUT2D eigenvalue weighted by molar-refractivity contribution is -0.149. The Morgan fingerprint density at radius 1 is 1.29 bits per heavy atom. The molecule has 0 saturated heterocycles. The van der Waals surface area contributed by atoms with Crippen LogP contribution >= 0.6 is 0 Å². The number of pyridine rings is 1. The maximum absolute atomic E-state index is 13.8. The highest BCUT2D eigenvalue weighted by molar-refractivity contribution is 5.84. The first-order valence-corrected chi connectivity index (χ1v) is 12.2. The van der Waals surface area contributed by atoms with Crippen molar-refractivity contribution in [3.05, 3.63) is 29.1 Å². The lowest BCUT2D eigenvalue weighted by Gasteiger charge is -2.39. The van der Waals surface area contributed by atoms with E-state index in [4.69, 9.17) is 4.74 Å². The van der Waals surface area contributed by atoms with Crippen LogP contribution < -0.4 is 5.32 Å². The molecule has 1 aliphatic carbocycles. The number of nitrogens with one attached hydrogen (secondary N) is 1. The van der Waals surface area contributed by atoms with Gasteiger partial charge in [0.05, 0.1) is 23.5 Å². The second-order valence-electron chi connectivity index (χ2n) is 10.1. The van der Waals surface area contributed by atoms with E-state index in [0.717, 1.165) is 18.7 Å². The molecule has 3 rings (SSSR count). The zero-order valence-electron chi connectivity index (χ0n) is 20.7. The molecule has 1 aromatic heterocycles. The van der Waals surface area contributed by atoms with E-state index in [1.165, 1.54) is 0 Å². The fourth-order valence-electron chi connectivity index (χ4n) is 5.25. The summed E-state index contributed by atoms with van der Waals surface area (Å²) in [5.41, 5.74) is -0.271. The van der Waals surface area contributed by atoms with Gasteiger partial charge in [-0.3, -0.25) is 14.6 Å². The molecule has 1 aliphatic heterocycles. The van der Waals surface area contributed by atoms with Crippen LogP contribution in [-0.4, -0.2) is 47.0 Å². The lowest BCUT2D eigenvalue weighted by atomic mass is 9.74. The molecular formula is C25H36F3N3O3. The van der Waals surface area contributed by atoms with Crippen molar-refractivity contribution in [2.75, 3.05) is 13.2 Å². The number of nitrogens with zero attached hydrogens (tertiary/aromatic N) is 2. The largest absolute Gasteiger partial charge is 0.466 e. The van der Waals surface area contributed by atoms with Crippen LogP contribution in [0.2, 0.25) is 0 Å². The summed E-state index contributed by atoms with van der Waals surface area (Å²) in [6.45, 7) is 10.6. The molecule has 0 spiro atoms. The van der Waals surface area contributed by atoms with Crippen molar-refractivity contribution in [3.63, 3.8) is 0 Å². The summed E-state index contributed by atoms with van der Waals surface area (Å²) < 4.78 is 44.6. The highest BCUT2D eigenvalue weighted by atomic mass is 19.4. The van der Waals surface area contributed by atoms with E-state index >= 15 is 0 Å². The number of hydrogen-bond donors (Lipinski definition) is 1. The number of esters is 1. The normalized spacial score (nSPS) is 24.6. The molecule has 2 unspecified atom stereocenters. The third kappa shape index (κ3) is 5.39. The maximum atomic E-state index is 13.8. The number of carbonyl (C=O) groups is 2. The van der Waals surface area contributed by atoms with Gasteiger partial charge in [0.25, 0.3) is 0 Å². The molecule has 2 heterocycles. The predicted molar refractivity (Wildman–Crippen MR) is 122 cm³/mol. The fourth-order valence-corrected chi connectivity index (χ4v) is 5.25. The Bertz CT molecular complexity index is 905. The molecule has 0 aromatic carbocycles. The third-order valence-corrected chi connectivity index (χ3v) is 7.64. The van der Waals surface area contributed by atoms with Crippen molar-refractivity contribution < 1.29 is 27.5 Å². The van der Waals surface area contributed by atoms with Crippen LogP contribution in [0.1, 0.15) is 70.7 Å². The van der Waals surface area contributed by atoms with Crippen LogP contribution in [-0.2, 0) is 33.5 Å². The van der Waals surface area contributed by atoms with Gasteiger partial charge in [0, 0.05) is 43.5 Å². The van der Waals surface area contributed by atoms with Crippen molar-refractivity contribution in [3.8, 4) is 0 Å². The smallest absolute Gasteiger partial charge is 0.417 e. The molecular weight excluding hydrogens is 447 g/mol. The Labute approximate surface area is 199 Å². The van der Waals surface area contributed by atoms with Gasteiger partial charge in [-0.05, 0) is 50.7 Å². The molecule has 6 nitrogen and oxygen atoms in total. The zero-order valence-corrected chi connectivity index (χ0v) is 20.7. The second-order valence-corrected chi connectivity index (χ2v) is 10.1. The van der Waals surface area contributed by atoms with Crippen LogP contribution in [0.4, 0.5) is 13.2 Å². The van der Waals surface area contributed by atoms with Crippen LogP contribution in [0.5, 0.6) is 0 Å². The number of carbonyl (C=O) groups excluding carboxylic acids is 2.